The Morgan fingerprint density at radius 1 is 1.15 bits per heavy atom. The van der Waals surface area contributed by atoms with Crippen molar-refractivity contribution in [2.24, 2.45) is 0 Å². The molecule has 1 aromatic carbocycles. The van der Waals surface area contributed by atoms with Crippen molar-refractivity contribution in [3.8, 4) is 0 Å². The molecule has 0 saturated heterocycles. The number of nitrogens with zero attached hydrogens (tertiary/aromatic N) is 2. The van der Waals surface area contributed by atoms with E-state index < -0.39 is 24.6 Å². The maximum absolute atomic E-state index is 13.4. The minimum absolute atomic E-state index is 0.0277. The highest BCUT2D eigenvalue weighted by atomic mass is 32.2. The molecule has 0 N–H and O–H groups in total. The summed E-state index contributed by atoms with van der Waals surface area (Å²) in [7, 11) is -5.82. The van der Waals surface area contributed by atoms with Gasteiger partial charge in [0.05, 0.1) is 27.3 Å². The minimum atomic E-state index is -3.77. The second-order valence-electron chi connectivity index (χ2n) is 7.05. The molecule has 0 saturated carbocycles. The van der Waals surface area contributed by atoms with E-state index in [1.54, 1.807) is 57.3 Å². The third-order valence-electron chi connectivity index (χ3n) is 5.02. The fourth-order valence-electron chi connectivity index (χ4n) is 3.17. The Hall–Kier alpha value is -2.19. The molecule has 1 aliphatic rings. The number of aromatic nitrogens is 1. The Bertz CT molecular complexity index is 1160. The lowest BCUT2D eigenvalue weighted by molar-refractivity contribution is 0.563. The van der Waals surface area contributed by atoms with Crippen LogP contribution in [-0.4, -0.2) is 35.1 Å². The van der Waals surface area contributed by atoms with Crippen molar-refractivity contribution in [2.75, 3.05) is 17.6 Å². The molecule has 0 atom stereocenters. The highest BCUT2D eigenvalue weighted by molar-refractivity contribution is 8.01. The van der Waals surface area contributed by atoms with Crippen molar-refractivity contribution in [2.45, 2.75) is 25.5 Å². The number of hydrogen-bond donors (Lipinski definition) is 0. The molecule has 0 bridgehead atoms. The summed E-state index contributed by atoms with van der Waals surface area (Å²) >= 11 is 0. The molecule has 6 nitrogen and oxygen atoms in total. The van der Waals surface area contributed by atoms with E-state index in [9.17, 15) is 16.8 Å². The topological polar surface area (TPSA) is 84.4 Å². The Morgan fingerprint density at radius 2 is 1.81 bits per heavy atom. The van der Waals surface area contributed by atoms with Crippen molar-refractivity contribution in [3.05, 3.63) is 65.0 Å². The number of fused-ring (bicyclic) bond motifs is 1. The van der Waals surface area contributed by atoms with E-state index in [-0.39, 0.29) is 4.91 Å². The summed E-state index contributed by atoms with van der Waals surface area (Å²) in [5.41, 5.74) is 2.47. The van der Waals surface area contributed by atoms with Crippen molar-refractivity contribution >= 4 is 30.5 Å². The van der Waals surface area contributed by atoms with E-state index >= 15 is 0 Å². The molecule has 143 valence electrons. The molecular formula is C19H21N2O4S2. The third-order valence-corrected chi connectivity index (χ3v) is 8.63. The predicted octanol–water partition coefficient (Wildman–Crippen LogP) is 2.64. The van der Waals surface area contributed by atoms with Crippen LogP contribution in [0.3, 0.4) is 0 Å². The number of sulfonamides is 1. The second-order valence-corrected chi connectivity index (χ2v) is 11.5. The number of rotatable bonds is 3. The molecule has 0 fully saturated rings. The van der Waals surface area contributed by atoms with Crippen LogP contribution in [0.1, 0.15) is 36.2 Å². The first kappa shape index (κ1) is 19.6. The molecule has 1 aliphatic heterocycles. The summed E-state index contributed by atoms with van der Waals surface area (Å²) in [6.45, 7) is 4.99. The van der Waals surface area contributed by atoms with Gasteiger partial charge >= 0.3 is 0 Å². The van der Waals surface area contributed by atoms with E-state index in [0.29, 0.717) is 28.1 Å². The van der Waals surface area contributed by atoms with Crippen LogP contribution in [0, 0.1) is 13.0 Å². The molecule has 0 aliphatic carbocycles. The monoisotopic (exact) mass is 405 g/mol. The van der Waals surface area contributed by atoms with Crippen molar-refractivity contribution in [3.63, 3.8) is 0 Å². The second kappa shape index (κ2) is 6.17. The van der Waals surface area contributed by atoms with E-state index in [4.69, 9.17) is 0 Å². The average Bonchev–Trinajstić information content (AvgIpc) is 2.58. The summed E-state index contributed by atoms with van der Waals surface area (Å²) in [4.78, 5) is 4.31. The highest BCUT2D eigenvalue weighted by Gasteiger charge is 2.44. The molecule has 3 rings (SSSR count). The largest absolute Gasteiger partial charge is 0.273 e. The molecule has 0 unspecified atom stereocenters. The maximum Gasteiger partial charge on any atom is 0.232 e. The van der Waals surface area contributed by atoms with Crippen molar-refractivity contribution in [1.29, 1.82) is 0 Å². The van der Waals surface area contributed by atoms with Crippen LogP contribution < -0.4 is 4.31 Å². The summed E-state index contributed by atoms with van der Waals surface area (Å²) in [5.74, 6) is 0. The van der Waals surface area contributed by atoms with Gasteiger partial charge in [-0.15, -0.1) is 0 Å². The lowest BCUT2D eigenvalue weighted by Gasteiger charge is -2.32. The molecule has 0 amide bonds. The van der Waals surface area contributed by atoms with E-state index in [1.807, 2.05) is 0 Å². The van der Waals surface area contributed by atoms with Gasteiger partial charge in [-0.1, -0.05) is 18.2 Å². The van der Waals surface area contributed by atoms with Gasteiger partial charge in [0.15, 0.2) is 9.84 Å². The SMILES string of the molecule is Cc1c(C2=[C]c3ncccc3C(C)(C)S2(=O)=O)cccc1N(C)S(C)(=O)=O. The van der Waals surface area contributed by atoms with Gasteiger partial charge in [0.25, 0.3) is 0 Å². The van der Waals surface area contributed by atoms with Crippen LogP contribution in [0.15, 0.2) is 36.5 Å². The summed E-state index contributed by atoms with van der Waals surface area (Å²) < 4.78 is 50.6. The van der Waals surface area contributed by atoms with E-state index in [0.717, 1.165) is 10.6 Å². The van der Waals surface area contributed by atoms with Gasteiger partial charge in [0.2, 0.25) is 10.0 Å². The minimum Gasteiger partial charge on any atom is -0.273 e. The van der Waals surface area contributed by atoms with Crippen LogP contribution in [-0.2, 0) is 24.6 Å². The van der Waals surface area contributed by atoms with Gasteiger partial charge in [-0.3, -0.25) is 9.29 Å². The van der Waals surface area contributed by atoms with Gasteiger partial charge in [-0.25, -0.2) is 16.8 Å². The van der Waals surface area contributed by atoms with Crippen LogP contribution in [0.4, 0.5) is 5.69 Å². The van der Waals surface area contributed by atoms with Crippen LogP contribution in [0.5, 0.6) is 0 Å². The molecule has 2 heterocycles. The first-order chi connectivity index (χ1) is 12.4. The number of benzene rings is 1. The quantitative estimate of drug-likeness (QED) is 0.784. The number of pyridine rings is 1. The van der Waals surface area contributed by atoms with Crippen LogP contribution in [0.2, 0.25) is 0 Å². The first-order valence-corrected chi connectivity index (χ1v) is 11.6. The number of sulfone groups is 1. The summed E-state index contributed by atoms with van der Waals surface area (Å²) in [5, 5.41) is 0. The number of hydrogen-bond acceptors (Lipinski definition) is 5. The zero-order valence-corrected chi connectivity index (χ0v) is 17.4. The molecule has 1 aromatic heterocycles. The summed E-state index contributed by atoms with van der Waals surface area (Å²) in [6.07, 6.45) is 5.65. The molecule has 0 spiro atoms. The van der Waals surface area contributed by atoms with Gasteiger partial charge in [-0.2, -0.15) is 0 Å². The zero-order chi connectivity index (χ0) is 20.2. The first-order valence-electron chi connectivity index (χ1n) is 8.27. The smallest absolute Gasteiger partial charge is 0.232 e. The fourth-order valence-corrected chi connectivity index (χ4v) is 5.43. The van der Waals surface area contributed by atoms with Crippen molar-refractivity contribution < 1.29 is 16.8 Å². The lowest BCUT2D eigenvalue weighted by atomic mass is 9.98. The summed E-state index contributed by atoms with van der Waals surface area (Å²) in [6, 6.07) is 8.40. The average molecular weight is 406 g/mol. The highest BCUT2D eigenvalue weighted by Crippen LogP contribution is 2.45. The van der Waals surface area contributed by atoms with Crippen LogP contribution >= 0.6 is 0 Å². The normalized spacial score (nSPS) is 17.7. The molecule has 2 aromatic rings. The lowest BCUT2D eigenvalue weighted by Crippen LogP contribution is -2.34. The van der Waals surface area contributed by atoms with E-state index in [2.05, 4.69) is 11.1 Å². The Balaban J connectivity index is 2.31. The zero-order valence-electron chi connectivity index (χ0n) is 15.8. The third kappa shape index (κ3) is 2.96. The molecule has 1 radical (unpaired) electrons. The van der Waals surface area contributed by atoms with Gasteiger partial charge in [0.1, 0.15) is 0 Å². The Morgan fingerprint density at radius 3 is 2.44 bits per heavy atom. The molecular weight excluding hydrogens is 384 g/mol. The van der Waals surface area contributed by atoms with Crippen LogP contribution in [0.25, 0.3) is 4.91 Å². The maximum atomic E-state index is 13.4. The fraction of sp³-hybridized carbons (Fsp3) is 0.316. The van der Waals surface area contributed by atoms with Gasteiger partial charge in [-0.05, 0) is 49.6 Å². The molecule has 8 heteroatoms. The van der Waals surface area contributed by atoms with Crippen molar-refractivity contribution in [1.82, 2.24) is 4.98 Å². The Kier molecular flexibility index (Phi) is 4.47. The molecule has 27 heavy (non-hydrogen) atoms. The van der Waals surface area contributed by atoms with E-state index in [1.165, 1.54) is 7.05 Å². The van der Waals surface area contributed by atoms with Gasteiger partial charge < -0.3 is 0 Å². The van der Waals surface area contributed by atoms with Gasteiger partial charge in [0, 0.05) is 19.3 Å². The number of anilines is 1. The standard InChI is InChI=1S/C19H21N2O4S2/c1-13-14(8-6-10-17(13)21(4)26(5,22)23)18-12-16-15(9-7-11-20-16)19(2,3)27(18,24)25/h6-11H,1-5H3. The Labute approximate surface area is 160 Å². The predicted molar refractivity (Wildman–Crippen MR) is 106 cm³/mol.